The Morgan fingerprint density at radius 2 is 2.26 bits per heavy atom. The van der Waals surface area contributed by atoms with Crippen molar-refractivity contribution in [2.75, 3.05) is 20.6 Å². The van der Waals surface area contributed by atoms with Crippen LogP contribution < -0.4 is 5.73 Å². The van der Waals surface area contributed by atoms with Gasteiger partial charge in [-0.2, -0.15) is 5.10 Å². The second-order valence-corrected chi connectivity index (χ2v) is 5.22. The van der Waals surface area contributed by atoms with E-state index in [1.165, 1.54) is 0 Å². The summed E-state index contributed by atoms with van der Waals surface area (Å²) in [5.41, 5.74) is 8.06. The van der Waals surface area contributed by atoms with E-state index in [1.54, 1.807) is 12.5 Å². The summed E-state index contributed by atoms with van der Waals surface area (Å²) in [7, 11) is 4.04. The average molecular weight is 283 g/mol. The summed E-state index contributed by atoms with van der Waals surface area (Å²) in [6.45, 7) is 3.52. The van der Waals surface area contributed by atoms with E-state index in [9.17, 15) is 0 Å². The van der Waals surface area contributed by atoms with Gasteiger partial charge in [0, 0.05) is 12.1 Å². The number of halogens is 1. The molecule has 0 saturated carbocycles. The molecule has 0 spiro atoms. The molecule has 1 unspecified atom stereocenters. The van der Waals surface area contributed by atoms with Crippen LogP contribution in [0.25, 0.3) is 0 Å². The minimum Gasteiger partial charge on any atom is -0.469 e. The number of hydrogen-bond acceptors (Lipinski definition) is 4. The minimum atomic E-state index is -0.323. The van der Waals surface area contributed by atoms with E-state index >= 15 is 0 Å². The molecule has 0 radical (unpaired) electrons. The number of rotatable bonds is 5. The number of aryl methyl sites for hydroxylation is 1. The van der Waals surface area contributed by atoms with Gasteiger partial charge in [0.25, 0.3) is 0 Å². The number of furan rings is 1. The normalized spacial score (nSPS) is 13.2. The Kier molecular flexibility index (Phi) is 4.29. The minimum absolute atomic E-state index is 0.323. The van der Waals surface area contributed by atoms with Crippen LogP contribution in [0.5, 0.6) is 0 Å². The number of nitrogens with zero attached hydrogens (tertiary/aromatic N) is 3. The number of nitrogens with two attached hydrogens (primary N) is 1. The van der Waals surface area contributed by atoms with Crippen LogP contribution in [-0.2, 0) is 6.54 Å². The Balaban J connectivity index is 2.28. The van der Waals surface area contributed by atoms with Crippen molar-refractivity contribution in [1.29, 1.82) is 0 Å². The highest BCUT2D eigenvalue weighted by Gasteiger charge is 2.21. The molecule has 0 fully saturated rings. The molecule has 104 valence electrons. The lowest BCUT2D eigenvalue weighted by atomic mass is 10.1. The smallest absolute Gasteiger partial charge is 0.105 e. The third kappa shape index (κ3) is 3.00. The molecule has 2 heterocycles. The lowest BCUT2D eigenvalue weighted by molar-refractivity contribution is 0.368. The molecule has 6 heteroatoms. The molecule has 0 saturated heterocycles. The first-order valence-corrected chi connectivity index (χ1v) is 6.54. The zero-order chi connectivity index (χ0) is 14.0. The summed E-state index contributed by atoms with van der Waals surface area (Å²) in [4.78, 5) is 2.09. The van der Waals surface area contributed by atoms with E-state index in [0.717, 1.165) is 30.1 Å². The van der Waals surface area contributed by atoms with Crippen LogP contribution in [0, 0.1) is 6.92 Å². The van der Waals surface area contributed by atoms with Gasteiger partial charge < -0.3 is 15.1 Å². The largest absolute Gasteiger partial charge is 0.469 e. The molecule has 0 aliphatic rings. The Morgan fingerprint density at radius 3 is 2.84 bits per heavy atom. The summed E-state index contributed by atoms with van der Waals surface area (Å²) in [5, 5.41) is 4.89. The van der Waals surface area contributed by atoms with Gasteiger partial charge in [-0.1, -0.05) is 11.6 Å². The molecule has 2 aromatic heterocycles. The quantitative estimate of drug-likeness (QED) is 0.912. The van der Waals surface area contributed by atoms with Crippen LogP contribution in [0.15, 0.2) is 22.9 Å². The molecular weight excluding hydrogens is 264 g/mol. The van der Waals surface area contributed by atoms with E-state index < -0.39 is 0 Å². The van der Waals surface area contributed by atoms with Gasteiger partial charge in [0.15, 0.2) is 0 Å². The Bertz CT molecular complexity index is 547. The topological polar surface area (TPSA) is 60.2 Å². The van der Waals surface area contributed by atoms with Gasteiger partial charge in [0.2, 0.25) is 0 Å². The van der Waals surface area contributed by atoms with Crippen LogP contribution >= 0.6 is 11.6 Å². The molecule has 5 nitrogen and oxygen atoms in total. The van der Waals surface area contributed by atoms with E-state index in [-0.39, 0.29) is 6.04 Å². The lowest BCUT2D eigenvalue weighted by Gasteiger charge is -2.16. The summed E-state index contributed by atoms with van der Waals surface area (Å²) in [6, 6.07) is 1.55. The molecule has 2 aromatic rings. The highest BCUT2D eigenvalue weighted by molar-refractivity contribution is 6.31. The van der Waals surface area contributed by atoms with Gasteiger partial charge in [0.05, 0.1) is 35.8 Å². The first-order chi connectivity index (χ1) is 9.00. The Labute approximate surface area is 117 Å². The van der Waals surface area contributed by atoms with Gasteiger partial charge in [0.1, 0.15) is 5.76 Å². The van der Waals surface area contributed by atoms with Crippen LogP contribution in [-0.4, -0.2) is 35.3 Å². The summed E-state index contributed by atoms with van der Waals surface area (Å²) in [5.74, 6) is 0.809. The first-order valence-electron chi connectivity index (χ1n) is 6.16. The van der Waals surface area contributed by atoms with E-state index in [4.69, 9.17) is 21.8 Å². The molecule has 0 amide bonds. The predicted molar refractivity (Wildman–Crippen MR) is 75.3 cm³/mol. The van der Waals surface area contributed by atoms with E-state index in [0.29, 0.717) is 5.02 Å². The highest BCUT2D eigenvalue weighted by atomic mass is 35.5. The number of likely N-dealkylation sites (N-methyl/N-ethyl adjacent to an activating group) is 1. The van der Waals surface area contributed by atoms with Gasteiger partial charge in [-0.05, 0) is 27.1 Å². The summed E-state index contributed by atoms with van der Waals surface area (Å²) < 4.78 is 7.16. The first kappa shape index (κ1) is 14.1. The van der Waals surface area contributed by atoms with Gasteiger partial charge in [-0.15, -0.1) is 0 Å². The SMILES string of the molecule is Cc1occc1C(N)c1c(Cl)cnn1CCN(C)C. The molecule has 0 bridgehead atoms. The Morgan fingerprint density at radius 1 is 1.53 bits per heavy atom. The van der Waals surface area contributed by atoms with Crippen molar-refractivity contribution in [3.63, 3.8) is 0 Å². The molecule has 0 aromatic carbocycles. The third-order valence-corrected chi connectivity index (χ3v) is 3.41. The molecule has 0 aliphatic heterocycles. The van der Waals surface area contributed by atoms with Crippen LogP contribution in [0.4, 0.5) is 0 Å². The zero-order valence-corrected chi connectivity index (χ0v) is 12.2. The predicted octanol–water partition coefficient (Wildman–Crippen LogP) is 2.05. The lowest BCUT2D eigenvalue weighted by Crippen LogP contribution is -2.23. The second-order valence-electron chi connectivity index (χ2n) is 4.81. The molecular formula is C13H19ClN4O. The summed E-state index contributed by atoms with van der Waals surface area (Å²) in [6.07, 6.45) is 3.28. The van der Waals surface area contributed by atoms with Crippen molar-refractivity contribution in [2.45, 2.75) is 19.5 Å². The van der Waals surface area contributed by atoms with Crippen molar-refractivity contribution in [3.8, 4) is 0 Å². The Hall–Kier alpha value is -1.30. The number of hydrogen-bond donors (Lipinski definition) is 1. The molecule has 0 aliphatic carbocycles. The van der Waals surface area contributed by atoms with Crippen LogP contribution in [0.1, 0.15) is 23.1 Å². The standard InChI is InChI=1S/C13H19ClN4O/c1-9-10(4-7-19-9)12(15)13-11(14)8-16-18(13)6-5-17(2)3/h4,7-8,12H,5-6,15H2,1-3H3. The van der Waals surface area contributed by atoms with Crippen LogP contribution in [0.2, 0.25) is 5.02 Å². The van der Waals surface area contributed by atoms with Crippen molar-refractivity contribution < 1.29 is 4.42 Å². The van der Waals surface area contributed by atoms with Crippen LogP contribution in [0.3, 0.4) is 0 Å². The fraction of sp³-hybridized carbons (Fsp3) is 0.462. The van der Waals surface area contributed by atoms with Crippen molar-refractivity contribution in [2.24, 2.45) is 5.73 Å². The van der Waals surface area contributed by atoms with Gasteiger partial charge >= 0.3 is 0 Å². The second kappa shape index (κ2) is 5.77. The fourth-order valence-electron chi connectivity index (χ4n) is 2.02. The van der Waals surface area contributed by atoms with E-state index in [2.05, 4.69) is 10.00 Å². The summed E-state index contributed by atoms with van der Waals surface area (Å²) >= 11 is 6.22. The third-order valence-electron chi connectivity index (χ3n) is 3.12. The van der Waals surface area contributed by atoms with E-state index in [1.807, 2.05) is 31.8 Å². The maximum atomic E-state index is 6.30. The monoisotopic (exact) mass is 282 g/mol. The van der Waals surface area contributed by atoms with Crippen molar-refractivity contribution >= 4 is 11.6 Å². The molecule has 1 atom stereocenters. The molecule has 19 heavy (non-hydrogen) atoms. The fourth-order valence-corrected chi connectivity index (χ4v) is 2.28. The van der Waals surface area contributed by atoms with Gasteiger partial charge in [-0.3, -0.25) is 4.68 Å². The number of aromatic nitrogens is 2. The maximum absolute atomic E-state index is 6.30. The van der Waals surface area contributed by atoms with Crippen molar-refractivity contribution in [1.82, 2.24) is 14.7 Å². The highest BCUT2D eigenvalue weighted by Crippen LogP contribution is 2.28. The zero-order valence-electron chi connectivity index (χ0n) is 11.4. The molecule has 2 rings (SSSR count). The van der Waals surface area contributed by atoms with Crippen molar-refractivity contribution in [3.05, 3.63) is 40.6 Å². The average Bonchev–Trinajstić information content (AvgIpc) is 2.92. The maximum Gasteiger partial charge on any atom is 0.105 e. The van der Waals surface area contributed by atoms with Gasteiger partial charge in [-0.25, -0.2) is 0 Å². The molecule has 2 N–H and O–H groups in total.